The van der Waals surface area contributed by atoms with Gasteiger partial charge in [-0.15, -0.1) is 0 Å². The van der Waals surface area contributed by atoms with Crippen molar-refractivity contribution in [3.63, 3.8) is 0 Å². The summed E-state index contributed by atoms with van der Waals surface area (Å²) in [6.45, 7) is 3.31. The summed E-state index contributed by atoms with van der Waals surface area (Å²) in [4.78, 5) is 0. The monoisotopic (exact) mass is 242 g/mol. The van der Waals surface area contributed by atoms with Gasteiger partial charge in [-0.05, 0) is 36.8 Å². The predicted octanol–water partition coefficient (Wildman–Crippen LogP) is 4.47. The summed E-state index contributed by atoms with van der Waals surface area (Å²) >= 11 is 0. The van der Waals surface area contributed by atoms with Crippen LogP contribution in [0.5, 0.6) is 0 Å². The highest BCUT2D eigenvalue weighted by atomic mass is 14.9. The second-order valence-electron chi connectivity index (χ2n) is 4.63. The minimum Gasteiger partial charge on any atom is -0.385 e. The molecule has 1 aromatic heterocycles. The van der Waals surface area contributed by atoms with Crippen LogP contribution in [0.25, 0.3) is 5.69 Å². The molecule has 2 nitrogen and oxygen atoms in total. The van der Waals surface area contributed by atoms with Gasteiger partial charge in [0.05, 0.1) is 0 Å². The van der Waals surface area contributed by atoms with Crippen molar-refractivity contribution in [2.75, 3.05) is 11.9 Å². The molecule has 0 unspecified atom stereocenters. The molecule has 0 spiro atoms. The van der Waals surface area contributed by atoms with E-state index in [1.54, 1.807) is 0 Å². The molecule has 0 amide bonds. The third kappa shape index (κ3) is 3.66. The van der Waals surface area contributed by atoms with Crippen LogP contribution in [0.4, 0.5) is 5.69 Å². The number of anilines is 1. The molecule has 0 saturated carbocycles. The number of hydrogen-bond donors (Lipinski definition) is 1. The summed E-state index contributed by atoms with van der Waals surface area (Å²) in [5.41, 5.74) is 2.41. The van der Waals surface area contributed by atoms with Gasteiger partial charge in [0.1, 0.15) is 0 Å². The SMILES string of the molecule is CCCCCCNc1cccc(-n2cccc2)c1. The van der Waals surface area contributed by atoms with E-state index in [2.05, 4.69) is 53.5 Å². The minimum absolute atomic E-state index is 1.06. The van der Waals surface area contributed by atoms with Crippen LogP contribution >= 0.6 is 0 Å². The summed E-state index contributed by atoms with van der Waals surface area (Å²) in [6.07, 6.45) is 9.34. The quantitative estimate of drug-likeness (QED) is 0.709. The van der Waals surface area contributed by atoms with Crippen LogP contribution in [0.15, 0.2) is 48.8 Å². The zero-order chi connectivity index (χ0) is 12.6. The van der Waals surface area contributed by atoms with Gasteiger partial charge in [0.25, 0.3) is 0 Å². The molecular weight excluding hydrogens is 220 g/mol. The second kappa shape index (κ2) is 6.90. The molecule has 0 radical (unpaired) electrons. The Morgan fingerprint density at radius 2 is 1.83 bits per heavy atom. The van der Waals surface area contributed by atoms with Gasteiger partial charge in [-0.2, -0.15) is 0 Å². The van der Waals surface area contributed by atoms with Crippen molar-refractivity contribution in [3.05, 3.63) is 48.8 Å². The zero-order valence-electron chi connectivity index (χ0n) is 11.1. The summed E-state index contributed by atoms with van der Waals surface area (Å²) in [5, 5.41) is 3.49. The Bertz CT molecular complexity index is 446. The summed E-state index contributed by atoms with van der Waals surface area (Å²) in [5.74, 6) is 0. The lowest BCUT2D eigenvalue weighted by Crippen LogP contribution is -2.02. The zero-order valence-corrected chi connectivity index (χ0v) is 11.1. The standard InChI is InChI=1S/C16H22N2/c1-2-3-4-5-11-17-15-9-8-10-16(14-15)18-12-6-7-13-18/h6-10,12-14,17H,2-5,11H2,1H3. The van der Waals surface area contributed by atoms with Gasteiger partial charge in [0.15, 0.2) is 0 Å². The van der Waals surface area contributed by atoms with E-state index in [0.29, 0.717) is 0 Å². The van der Waals surface area contributed by atoms with Crippen molar-refractivity contribution >= 4 is 5.69 Å². The molecule has 0 aliphatic heterocycles. The molecule has 2 aromatic rings. The first-order valence-corrected chi connectivity index (χ1v) is 6.87. The maximum Gasteiger partial charge on any atom is 0.0469 e. The van der Waals surface area contributed by atoms with E-state index in [9.17, 15) is 0 Å². The van der Waals surface area contributed by atoms with Crippen LogP contribution in [0.2, 0.25) is 0 Å². The van der Waals surface area contributed by atoms with Crippen molar-refractivity contribution < 1.29 is 0 Å². The predicted molar refractivity (Wildman–Crippen MR) is 78.4 cm³/mol. The van der Waals surface area contributed by atoms with Crippen molar-refractivity contribution in [1.82, 2.24) is 4.57 Å². The van der Waals surface area contributed by atoms with Crippen LogP contribution in [0.1, 0.15) is 32.6 Å². The maximum atomic E-state index is 3.49. The van der Waals surface area contributed by atoms with E-state index in [1.165, 1.54) is 37.1 Å². The van der Waals surface area contributed by atoms with Gasteiger partial charge < -0.3 is 9.88 Å². The molecule has 0 aliphatic carbocycles. The van der Waals surface area contributed by atoms with Crippen molar-refractivity contribution in [2.45, 2.75) is 32.6 Å². The first-order chi connectivity index (χ1) is 8.90. The highest BCUT2D eigenvalue weighted by molar-refractivity contribution is 5.51. The molecule has 1 N–H and O–H groups in total. The third-order valence-electron chi connectivity index (χ3n) is 3.11. The number of nitrogens with one attached hydrogen (secondary N) is 1. The Kier molecular flexibility index (Phi) is 4.88. The highest BCUT2D eigenvalue weighted by Crippen LogP contribution is 2.15. The number of rotatable bonds is 7. The van der Waals surface area contributed by atoms with E-state index in [-0.39, 0.29) is 0 Å². The van der Waals surface area contributed by atoms with E-state index in [1.807, 2.05) is 12.1 Å². The lowest BCUT2D eigenvalue weighted by Gasteiger charge is -2.09. The first kappa shape index (κ1) is 12.7. The lowest BCUT2D eigenvalue weighted by atomic mass is 10.2. The fourth-order valence-electron chi connectivity index (χ4n) is 2.07. The lowest BCUT2D eigenvalue weighted by molar-refractivity contribution is 0.685. The van der Waals surface area contributed by atoms with E-state index in [4.69, 9.17) is 0 Å². The molecule has 2 heteroatoms. The summed E-state index contributed by atoms with van der Waals surface area (Å²) < 4.78 is 2.13. The Balaban J connectivity index is 1.88. The topological polar surface area (TPSA) is 17.0 Å². The van der Waals surface area contributed by atoms with Gasteiger partial charge in [0, 0.05) is 30.3 Å². The molecule has 0 fully saturated rings. The molecular formula is C16H22N2. The maximum absolute atomic E-state index is 3.49. The van der Waals surface area contributed by atoms with Crippen LogP contribution < -0.4 is 5.32 Å². The first-order valence-electron chi connectivity index (χ1n) is 6.87. The van der Waals surface area contributed by atoms with Crippen molar-refractivity contribution in [2.24, 2.45) is 0 Å². The Hall–Kier alpha value is -1.70. The molecule has 0 atom stereocenters. The average Bonchev–Trinajstić information content (AvgIpc) is 2.93. The van der Waals surface area contributed by atoms with Gasteiger partial charge >= 0.3 is 0 Å². The van der Waals surface area contributed by atoms with Gasteiger partial charge in [0.2, 0.25) is 0 Å². The van der Waals surface area contributed by atoms with Crippen molar-refractivity contribution in [3.8, 4) is 5.69 Å². The van der Waals surface area contributed by atoms with E-state index >= 15 is 0 Å². The van der Waals surface area contributed by atoms with Crippen molar-refractivity contribution in [1.29, 1.82) is 0 Å². The second-order valence-corrected chi connectivity index (χ2v) is 4.63. The molecule has 18 heavy (non-hydrogen) atoms. The van der Waals surface area contributed by atoms with E-state index in [0.717, 1.165) is 6.54 Å². The van der Waals surface area contributed by atoms with Crippen LogP contribution in [-0.2, 0) is 0 Å². The molecule has 0 bridgehead atoms. The smallest absolute Gasteiger partial charge is 0.0469 e. The van der Waals surface area contributed by atoms with Gasteiger partial charge in [-0.3, -0.25) is 0 Å². The largest absolute Gasteiger partial charge is 0.385 e. The Labute approximate surface area is 110 Å². The number of aromatic nitrogens is 1. The average molecular weight is 242 g/mol. The summed E-state index contributed by atoms with van der Waals surface area (Å²) in [6, 6.07) is 12.6. The van der Waals surface area contributed by atoms with Crippen LogP contribution in [0, 0.1) is 0 Å². The van der Waals surface area contributed by atoms with Crippen LogP contribution in [0.3, 0.4) is 0 Å². The van der Waals surface area contributed by atoms with Gasteiger partial charge in [-0.1, -0.05) is 32.3 Å². The Morgan fingerprint density at radius 1 is 1.00 bits per heavy atom. The van der Waals surface area contributed by atoms with Gasteiger partial charge in [-0.25, -0.2) is 0 Å². The molecule has 0 aliphatic rings. The third-order valence-corrected chi connectivity index (χ3v) is 3.11. The molecule has 1 aromatic carbocycles. The number of benzene rings is 1. The van der Waals surface area contributed by atoms with Crippen LogP contribution in [-0.4, -0.2) is 11.1 Å². The molecule has 0 saturated heterocycles. The molecule has 96 valence electrons. The van der Waals surface area contributed by atoms with E-state index < -0.39 is 0 Å². The fraction of sp³-hybridized carbons (Fsp3) is 0.375. The number of unbranched alkanes of at least 4 members (excludes halogenated alkanes) is 3. The number of nitrogens with zero attached hydrogens (tertiary/aromatic N) is 1. The molecule has 1 heterocycles. The normalized spacial score (nSPS) is 10.5. The Morgan fingerprint density at radius 3 is 2.61 bits per heavy atom. The number of hydrogen-bond acceptors (Lipinski definition) is 1. The summed E-state index contributed by atoms with van der Waals surface area (Å²) in [7, 11) is 0. The fourth-order valence-corrected chi connectivity index (χ4v) is 2.07. The highest BCUT2D eigenvalue weighted by Gasteiger charge is 1.96. The minimum atomic E-state index is 1.06. The molecule has 2 rings (SSSR count).